The fourth-order valence-corrected chi connectivity index (χ4v) is 5.85. The molecule has 30 heavy (non-hydrogen) atoms. The summed E-state index contributed by atoms with van der Waals surface area (Å²) in [7, 11) is -3.07. The van der Waals surface area contributed by atoms with E-state index in [-0.39, 0.29) is 35.0 Å². The van der Waals surface area contributed by atoms with Gasteiger partial charge in [0.25, 0.3) is 0 Å². The van der Waals surface area contributed by atoms with Crippen LogP contribution in [0, 0.1) is 12.7 Å². The number of hydrogen-bond acceptors (Lipinski definition) is 6. The number of aromatic nitrogens is 4. The van der Waals surface area contributed by atoms with Crippen LogP contribution in [0.3, 0.4) is 0 Å². The normalized spacial score (nSPS) is 17.9. The van der Waals surface area contributed by atoms with Crippen LogP contribution >= 0.6 is 11.8 Å². The van der Waals surface area contributed by atoms with Crippen molar-refractivity contribution in [3.63, 3.8) is 0 Å². The molecule has 0 radical (unpaired) electrons. The molecule has 11 heteroatoms. The molecule has 0 spiro atoms. The Kier molecular flexibility index (Phi) is 5.65. The van der Waals surface area contributed by atoms with Crippen LogP contribution < -0.4 is 5.32 Å². The van der Waals surface area contributed by atoms with Gasteiger partial charge in [-0.3, -0.25) is 9.36 Å². The fourth-order valence-electron chi connectivity index (χ4n) is 3.38. The predicted molar refractivity (Wildman–Crippen MR) is 112 cm³/mol. The van der Waals surface area contributed by atoms with E-state index in [2.05, 4.69) is 15.4 Å². The van der Waals surface area contributed by atoms with Crippen LogP contribution in [-0.2, 0) is 14.6 Å². The number of aryl methyl sites for hydroxylation is 1. The average molecular weight is 450 g/mol. The first kappa shape index (κ1) is 20.6. The van der Waals surface area contributed by atoms with Crippen LogP contribution in [-0.4, -0.2) is 50.9 Å². The number of hydrogen-bond donors (Lipinski definition) is 1. The van der Waals surface area contributed by atoms with Gasteiger partial charge >= 0.3 is 0 Å². The van der Waals surface area contributed by atoms with E-state index in [4.69, 9.17) is 0 Å². The number of nitrogens with one attached hydrogen (secondary N) is 1. The summed E-state index contributed by atoms with van der Waals surface area (Å²) in [5.41, 5.74) is 1.32. The number of amides is 1. The van der Waals surface area contributed by atoms with Gasteiger partial charge in [-0.1, -0.05) is 17.8 Å². The summed E-state index contributed by atoms with van der Waals surface area (Å²) in [5.74, 6) is 0.0933. The minimum Gasteiger partial charge on any atom is -0.310 e. The molecule has 1 aromatic carbocycles. The Bertz CT molecular complexity index is 1190. The SMILES string of the molecule is Cc1cc(NC(=O)CSc2nccn2-c2cccc(F)c2)n(C2CCS(=O)(=O)C2)n1. The second kappa shape index (κ2) is 8.23. The molecule has 1 saturated heterocycles. The lowest BCUT2D eigenvalue weighted by molar-refractivity contribution is -0.113. The third-order valence-corrected chi connectivity index (χ3v) is 7.42. The second-order valence-corrected chi connectivity index (χ2v) is 10.2. The van der Waals surface area contributed by atoms with E-state index in [1.165, 1.54) is 23.9 Å². The van der Waals surface area contributed by atoms with Crippen molar-refractivity contribution in [1.82, 2.24) is 19.3 Å². The largest absolute Gasteiger partial charge is 0.310 e. The van der Waals surface area contributed by atoms with Gasteiger partial charge in [0.15, 0.2) is 15.0 Å². The lowest BCUT2D eigenvalue weighted by Crippen LogP contribution is -2.20. The smallest absolute Gasteiger partial charge is 0.235 e. The van der Waals surface area contributed by atoms with Crippen molar-refractivity contribution in [2.45, 2.75) is 24.5 Å². The number of benzene rings is 1. The summed E-state index contributed by atoms with van der Waals surface area (Å²) >= 11 is 1.22. The van der Waals surface area contributed by atoms with Gasteiger partial charge in [0.1, 0.15) is 11.6 Å². The number of imidazole rings is 1. The van der Waals surface area contributed by atoms with Crippen molar-refractivity contribution in [3.05, 3.63) is 54.2 Å². The summed E-state index contributed by atoms with van der Waals surface area (Å²) in [6.07, 6.45) is 3.77. The first-order valence-corrected chi connectivity index (χ1v) is 12.1. The summed E-state index contributed by atoms with van der Waals surface area (Å²) in [6.45, 7) is 1.79. The van der Waals surface area contributed by atoms with Crippen molar-refractivity contribution in [3.8, 4) is 5.69 Å². The molecule has 4 rings (SSSR count). The molecule has 0 saturated carbocycles. The molecule has 1 aliphatic rings. The van der Waals surface area contributed by atoms with Crippen molar-refractivity contribution in [2.24, 2.45) is 0 Å². The molecular weight excluding hydrogens is 429 g/mol. The van der Waals surface area contributed by atoms with E-state index in [9.17, 15) is 17.6 Å². The molecule has 0 bridgehead atoms. The molecule has 1 aliphatic heterocycles. The summed E-state index contributed by atoms with van der Waals surface area (Å²) in [5, 5.41) is 7.73. The third-order valence-electron chi connectivity index (χ3n) is 4.71. The van der Waals surface area contributed by atoms with Gasteiger partial charge < -0.3 is 5.32 Å². The zero-order chi connectivity index (χ0) is 21.3. The van der Waals surface area contributed by atoms with Gasteiger partial charge in [0.2, 0.25) is 5.91 Å². The van der Waals surface area contributed by atoms with Crippen molar-refractivity contribution in [2.75, 3.05) is 22.6 Å². The number of anilines is 1. The zero-order valence-electron chi connectivity index (χ0n) is 16.2. The second-order valence-electron chi connectivity index (χ2n) is 7.07. The van der Waals surface area contributed by atoms with Gasteiger partial charge in [0.05, 0.1) is 34.7 Å². The van der Waals surface area contributed by atoms with Crippen molar-refractivity contribution >= 4 is 33.3 Å². The molecule has 8 nitrogen and oxygen atoms in total. The van der Waals surface area contributed by atoms with E-state index in [0.717, 1.165) is 0 Å². The summed E-state index contributed by atoms with van der Waals surface area (Å²) in [6, 6.07) is 7.56. The molecular formula is C19H20FN5O3S2. The van der Waals surface area contributed by atoms with E-state index in [1.807, 2.05) is 0 Å². The molecule has 3 aromatic rings. The Morgan fingerprint density at radius 3 is 2.93 bits per heavy atom. The number of thioether (sulfide) groups is 1. The molecule has 1 amide bonds. The number of rotatable bonds is 6. The van der Waals surface area contributed by atoms with Crippen LogP contribution in [0.5, 0.6) is 0 Å². The molecule has 3 heterocycles. The van der Waals surface area contributed by atoms with Crippen LogP contribution in [0.1, 0.15) is 18.2 Å². The average Bonchev–Trinajstić information content (AvgIpc) is 3.38. The van der Waals surface area contributed by atoms with Crippen molar-refractivity contribution in [1.29, 1.82) is 0 Å². The molecule has 158 valence electrons. The Labute approximate surface area is 177 Å². The predicted octanol–water partition coefficient (Wildman–Crippen LogP) is 2.61. The maximum atomic E-state index is 13.5. The molecule has 0 aliphatic carbocycles. The van der Waals surface area contributed by atoms with Crippen molar-refractivity contribution < 1.29 is 17.6 Å². The lowest BCUT2D eigenvalue weighted by atomic mass is 10.3. The number of sulfone groups is 1. The highest BCUT2D eigenvalue weighted by Gasteiger charge is 2.31. The molecule has 2 aromatic heterocycles. The Morgan fingerprint density at radius 1 is 1.37 bits per heavy atom. The third kappa shape index (κ3) is 4.57. The quantitative estimate of drug-likeness (QED) is 0.581. The highest BCUT2D eigenvalue weighted by molar-refractivity contribution is 7.99. The van der Waals surface area contributed by atoms with Crippen LogP contribution in [0.15, 0.2) is 47.9 Å². The highest BCUT2D eigenvalue weighted by Crippen LogP contribution is 2.27. The molecule has 1 fully saturated rings. The van der Waals surface area contributed by atoms with Crippen LogP contribution in [0.4, 0.5) is 10.2 Å². The van der Waals surface area contributed by atoms with Crippen LogP contribution in [0.25, 0.3) is 5.69 Å². The maximum Gasteiger partial charge on any atom is 0.235 e. The summed E-state index contributed by atoms with van der Waals surface area (Å²) < 4.78 is 40.4. The molecule has 1 unspecified atom stereocenters. The number of carbonyl (C=O) groups is 1. The number of halogens is 1. The Hall–Kier alpha value is -2.66. The van der Waals surface area contributed by atoms with Gasteiger partial charge in [-0.2, -0.15) is 5.10 Å². The highest BCUT2D eigenvalue weighted by atomic mass is 32.2. The molecule has 1 atom stereocenters. The van der Waals surface area contributed by atoms with E-state index in [0.29, 0.717) is 28.8 Å². The Morgan fingerprint density at radius 2 is 2.20 bits per heavy atom. The lowest BCUT2D eigenvalue weighted by Gasteiger charge is -2.14. The standard InChI is InChI=1S/C19H20FN5O3S2/c1-13-9-17(25(23-13)16-5-8-30(27,28)12-16)22-18(26)11-29-19-21-6-7-24(19)15-4-2-3-14(20)10-15/h2-4,6-7,9-10,16H,5,8,11-12H2,1H3,(H,22,26). The fraction of sp³-hybridized carbons (Fsp3) is 0.316. The zero-order valence-corrected chi connectivity index (χ0v) is 17.8. The minimum atomic E-state index is -3.07. The van der Waals surface area contributed by atoms with E-state index in [1.54, 1.807) is 46.8 Å². The van der Waals surface area contributed by atoms with Gasteiger partial charge in [-0.25, -0.2) is 22.5 Å². The van der Waals surface area contributed by atoms with E-state index >= 15 is 0 Å². The number of nitrogens with zero attached hydrogens (tertiary/aromatic N) is 4. The topological polar surface area (TPSA) is 98.9 Å². The molecule has 1 N–H and O–H groups in total. The van der Waals surface area contributed by atoms with E-state index < -0.39 is 9.84 Å². The first-order valence-electron chi connectivity index (χ1n) is 9.29. The first-order chi connectivity index (χ1) is 14.3. The van der Waals surface area contributed by atoms with Gasteiger partial charge in [-0.05, 0) is 31.5 Å². The number of carbonyl (C=O) groups excluding carboxylic acids is 1. The monoisotopic (exact) mass is 449 g/mol. The van der Waals surface area contributed by atoms with Gasteiger partial charge in [0, 0.05) is 18.5 Å². The summed E-state index contributed by atoms with van der Waals surface area (Å²) in [4.78, 5) is 16.8. The minimum absolute atomic E-state index is 0.0246. The maximum absolute atomic E-state index is 13.5. The Balaban J connectivity index is 1.43. The van der Waals surface area contributed by atoms with Gasteiger partial charge in [-0.15, -0.1) is 0 Å². The van der Waals surface area contributed by atoms with Crippen LogP contribution in [0.2, 0.25) is 0 Å².